The first-order valence-electron chi connectivity index (χ1n) is 7.90. The number of benzene rings is 1. The molecule has 0 unspecified atom stereocenters. The number of nitrogens with zero attached hydrogens (tertiary/aromatic N) is 2. The van der Waals surface area contributed by atoms with Crippen molar-refractivity contribution in [3.8, 4) is 10.7 Å². The zero-order valence-electron chi connectivity index (χ0n) is 13.5. The number of carbonyl (C=O) groups is 2. The van der Waals surface area contributed by atoms with Gasteiger partial charge in [0.1, 0.15) is 0 Å². The van der Waals surface area contributed by atoms with Crippen LogP contribution in [0.25, 0.3) is 10.7 Å². The first kappa shape index (κ1) is 16.8. The fraction of sp³-hybridized carbons (Fsp3) is 0.176. The lowest BCUT2D eigenvalue weighted by Gasteiger charge is -2.17. The highest BCUT2D eigenvalue weighted by Gasteiger charge is 2.16. The first-order chi connectivity index (χ1) is 12.7. The van der Waals surface area contributed by atoms with E-state index in [-0.39, 0.29) is 18.2 Å². The second-order valence-electron chi connectivity index (χ2n) is 5.58. The van der Waals surface area contributed by atoms with Crippen LogP contribution in [0.15, 0.2) is 45.1 Å². The van der Waals surface area contributed by atoms with Crippen LogP contribution in [-0.2, 0) is 16.0 Å². The SMILES string of the molecule is O=C(CCc1nc(-c2cccs2)no1)Nc1ccc2c(c1)NC(=O)CS2. The molecular formula is C17H14N4O3S2. The minimum Gasteiger partial charge on any atom is -0.339 e. The zero-order valence-corrected chi connectivity index (χ0v) is 15.2. The monoisotopic (exact) mass is 386 g/mol. The van der Waals surface area contributed by atoms with Crippen molar-refractivity contribution < 1.29 is 14.1 Å². The Balaban J connectivity index is 1.34. The van der Waals surface area contributed by atoms with Crippen molar-refractivity contribution in [1.29, 1.82) is 0 Å². The van der Waals surface area contributed by atoms with Crippen LogP contribution in [0.5, 0.6) is 0 Å². The molecule has 7 nitrogen and oxygen atoms in total. The number of rotatable bonds is 5. The van der Waals surface area contributed by atoms with Crippen LogP contribution in [0, 0.1) is 0 Å². The van der Waals surface area contributed by atoms with Gasteiger partial charge in [0, 0.05) is 23.4 Å². The molecule has 0 fully saturated rings. The largest absolute Gasteiger partial charge is 0.339 e. The molecule has 1 aliphatic rings. The van der Waals surface area contributed by atoms with Crippen molar-refractivity contribution in [3.05, 3.63) is 41.6 Å². The maximum atomic E-state index is 12.2. The molecule has 132 valence electrons. The van der Waals surface area contributed by atoms with Gasteiger partial charge < -0.3 is 15.2 Å². The smallest absolute Gasteiger partial charge is 0.234 e. The summed E-state index contributed by atoms with van der Waals surface area (Å²) >= 11 is 3.01. The zero-order chi connectivity index (χ0) is 17.9. The van der Waals surface area contributed by atoms with E-state index in [4.69, 9.17) is 4.52 Å². The number of nitrogens with one attached hydrogen (secondary N) is 2. The van der Waals surface area contributed by atoms with Crippen LogP contribution < -0.4 is 10.6 Å². The highest BCUT2D eigenvalue weighted by Crippen LogP contribution is 2.33. The number of carbonyl (C=O) groups excluding carboxylic acids is 2. The molecule has 3 aromatic rings. The third-order valence-electron chi connectivity index (χ3n) is 3.67. The molecule has 2 amide bonds. The Kier molecular flexibility index (Phi) is 4.72. The first-order valence-corrected chi connectivity index (χ1v) is 9.77. The van der Waals surface area contributed by atoms with Crippen LogP contribution >= 0.6 is 23.1 Å². The molecule has 4 rings (SSSR count). The lowest BCUT2D eigenvalue weighted by atomic mass is 10.2. The van der Waals surface area contributed by atoms with E-state index in [2.05, 4.69) is 20.8 Å². The fourth-order valence-corrected chi connectivity index (χ4v) is 3.90. The number of anilines is 2. The predicted octanol–water partition coefficient (Wildman–Crippen LogP) is 3.41. The Hall–Kier alpha value is -2.65. The molecule has 0 radical (unpaired) electrons. The summed E-state index contributed by atoms with van der Waals surface area (Å²) in [5.41, 5.74) is 1.36. The van der Waals surface area contributed by atoms with E-state index in [9.17, 15) is 9.59 Å². The van der Waals surface area contributed by atoms with Crippen molar-refractivity contribution in [2.24, 2.45) is 0 Å². The van der Waals surface area contributed by atoms with Crippen molar-refractivity contribution >= 4 is 46.3 Å². The summed E-state index contributed by atoms with van der Waals surface area (Å²) in [6.45, 7) is 0. The molecule has 0 saturated carbocycles. The van der Waals surface area contributed by atoms with Crippen LogP contribution in [0.3, 0.4) is 0 Å². The van der Waals surface area contributed by atoms with E-state index >= 15 is 0 Å². The van der Waals surface area contributed by atoms with Gasteiger partial charge in [-0.3, -0.25) is 9.59 Å². The number of hydrogen-bond acceptors (Lipinski definition) is 7. The van der Waals surface area contributed by atoms with Gasteiger partial charge in [-0.1, -0.05) is 11.2 Å². The summed E-state index contributed by atoms with van der Waals surface area (Å²) in [7, 11) is 0. The van der Waals surface area contributed by atoms with Crippen molar-refractivity contribution in [2.45, 2.75) is 17.7 Å². The molecule has 0 spiro atoms. The standard InChI is InChI=1S/C17H14N4O3S2/c22-14(5-6-16-20-17(21-24-16)13-2-1-7-25-13)18-10-3-4-12-11(8-10)19-15(23)9-26-12/h1-4,7-8H,5-6,9H2,(H,18,22)(H,19,23). The molecule has 2 N–H and O–H groups in total. The van der Waals surface area contributed by atoms with Crippen LogP contribution in [0.4, 0.5) is 11.4 Å². The van der Waals surface area contributed by atoms with Gasteiger partial charge in [-0.15, -0.1) is 23.1 Å². The summed E-state index contributed by atoms with van der Waals surface area (Å²) in [5, 5.41) is 11.5. The van der Waals surface area contributed by atoms with E-state index < -0.39 is 0 Å². The second kappa shape index (κ2) is 7.30. The minimum absolute atomic E-state index is 0.0380. The van der Waals surface area contributed by atoms with E-state index in [1.807, 2.05) is 29.6 Å². The Labute approximate surface area is 157 Å². The molecular weight excluding hydrogens is 372 g/mol. The summed E-state index contributed by atoms with van der Waals surface area (Å²) in [6.07, 6.45) is 0.589. The van der Waals surface area contributed by atoms with E-state index in [0.717, 1.165) is 15.5 Å². The van der Waals surface area contributed by atoms with Gasteiger partial charge in [0.2, 0.25) is 23.5 Å². The van der Waals surface area contributed by atoms with Crippen molar-refractivity contribution in [3.63, 3.8) is 0 Å². The number of thiophene rings is 1. The van der Waals surface area contributed by atoms with Gasteiger partial charge >= 0.3 is 0 Å². The quantitative estimate of drug-likeness (QED) is 0.697. The van der Waals surface area contributed by atoms with E-state index in [0.29, 0.717) is 29.6 Å². The molecule has 2 aromatic heterocycles. The summed E-state index contributed by atoms with van der Waals surface area (Å²) in [5.74, 6) is 1.19. The highest BCUT2D eigenvalue weighted by atomic mass is 32.2. The van der Waals surface area contributed by atoms with Crippen LogP contribution in [0.2, 0.25) is 0 Å². The molecule has 0 bridgehead atoms. The van der Waals surface area contributed by atoms with Crippen LogP contribution in [0.1, 0.15) is 12.3 Å². The molecule has 0 saturated heterocycles. The molecule has 1 aromatic carbocycles. The molecule has 0 atom stereocenters. The van der Waals surface area contributed by atoms with Gasteiger partial charge in [-0.25, -0.2) is 0 Å². The second-order valence-corrected chi connectivity index (χ2v) is 7.55. The topological polar surface area (TPSA) is 97.1 Å². The normalized spacial score (nSPS) is 13.2. The summed E-state index contributed by atoms with van der Waals surface area (Å²) in [4.78, 5) is 29.9. The summed E-state index contributed by atoms with van der Waals surface area (Å²) in [6, 6.07) is 9.31. The average Bonchev–Trinajstić information content (AvgIpc) is 3.31. The summed E-state index contributed by atoms with van der Waals surface area (Å²) < 4.78 is 5.19. The van der Waals surface area contributed by atoms with Crippen LogP contribution in [-0.4, -0.2) is 27.7 Å². The average molecular weight is 386 g/mol. The molecule has 26 heavy (non-hydrogen) atoms. The highest BCUT2D eigenvalue weighted by molar-refractivity contribution is 8.00. The number of aryl methyl sites for hydroxylation is 1. The molecule has 0 aliphatic carbocycles. The van der Waals surface area contributed by atoms with Crippen molar-refractivity contribution in [2.75, 3.05) is 16.4 Å². The number of amides is 2. The Morgan fingerprint density at radius 1 is 1.35 bits per heavy atom. The maximum Gasteiger partial charge on any atom is 0.234 e. The third-order valence-corrected chi connectivity index (χ3v) is 5.61. The Bertz CT molecular complexity index is 953. The number of thioether (sulfide) groups is 1. The number of fused-ring (bicyclic) bond motifs is 1. The fourth-order valence-electron chi connectivity index (χ4n) is 2.47. The predicted molar refractivity (Wildman–Crippen MR) is 100 cm³/mol. The Morgan fingerprint density at radius 3 is 3.12 bits per heavy atom. The molecule has 9 heteroatoms. The van der Waals surface area contributed by atoms with Gasteiger partial charge in [0.15, 0.2) is 0 Å². The van der Waals surface area contributed by atoms with E-state index in [1.165, 1.54) is 23.1 Å². The van der Waals surface area contributed by atoms with Gasteiger partial charge in [0.05, 0.1) is 16.3 Å². The molecule has 1 aliphatic heterocycles. The maximum absolute atomic E-state index is 12.2. The number of aromatic nitrogens is 2. The number of hydrogen-bond donors (Lipinski definition) is 2. The lowest BCUT2D eigenvalue weighted by molar-refractivity contribution is -0.116. The van der Waals surface area contributed by atoms with Crippen molar-refractivity contribution in [1.82, 2.24) is 10.1 Å². The molecule has 3 heterocycles. The Morgan fingerprint density at radius 2 is 2.27 bits per heavy atom. The third kappa shape index (κ3) is 3.78. The van der Waals surface area contributed by atoms with Gasteiger partial charge in [0.25, 0.3) is 0 Å². The van der Waals surface area contributed by atoms with Gasteiger partial charge in [-0.2, -0.15) is 4.98 Å². The lowest BCUT2D eigenvalue weighted by Crippen LogP contribution is -2.19. The van der Waals surface area contributed by atoms with E-state index in [1.54, 1.807) is 6.07 Å². The minimum atomic E-state index is -0.157. The van der Waals surface area contributed by atoms with Gasteiger partial charge in [-0.05, 0) is 29.6 Å².